The molecule has 1 fully saturated rings. The third-order valence-electron chi connectivity index (χ3n) is 2.95. The highest BCUT2D eigenvalue weighted by Gasteiger charge is 2.34. The van der Waals surface area contributed by atoms with Gasteiger partial charge in [-0.05, 0) is 25.3 Å². The Bertz CT molecular complexity index is 318. The van der Waals surface area contributed by atoms with Gasteiger partial charge < -0.3 is 20.9 Å². The Morgan fingerprint density at radius 2 is 2.44 bits per heavy atom. The van der Waals surface area contributed by atoms with Gasteiger partial charge >= 0.3 is 6.03 Å². The largest absolute Gasteiger partial charge is 0.394 e. The molecule has 3 unspecified atom stereocenters. The summed E-state index contributed by atoms with van der Waals surface area (Å²) < 4.78 is 5.53. The van der Waals surface area contributed by atoms with E-state index < -0.39 is 6.17 Å². The minimum atomic E-state index is -0.418. The second-order valence-corrected chi connectivity index (χ2v) is 4.18. The number of rotatable bonds is 2. The molecule has 4 N–H and O–H groups in total. The van der Waals surface area contributed by atoms with Crippen LogP contribution in [-0.2, 0) is 4.74 Å². The van der Waals surface area contributed by atoms with Crippen LogP contribution in [0.3, 0.4) is 0 Å². The number of hydrogen-bond donors (Lipinski definition) is 3. The molecule has 6 nitrogen and oxygen atoms in total. The minimum Gasteiger partial charge on any atom is -0.394 e. The summed E-state index contributed by atoms with van der Waals surface area (Å²) in [5.41, 5.74) is 6.56. The molecule has 0 aromatic rings. The summed E-state index contributed by atoms with van der Waals surface area (Å²) in [6.45, 7) is 1.85. The standard InChI is InChI=1S/C10H17N3O3/c1-6-4-13(10(15)12-9(6)11)8-3-2-7(5-14)16-8/h4,7-9,14H,2-3,5,11H2,1H3,(H,12,15). The quantitative estimate of drug-likeness (QED) is 0.604. The van der Waals surface area contributed by atoms with Gasteiger partial charge in [-0.1, -0.05) is 0 Å². The summed E-state index contributed by atoms with van der Waals surface area (Å²) >= 11 is 0. The number of nitrogens with one attached hydrogen (secondary N) is 1. The van der Waals surface area contributed by atoms with Crippen LogP contribution < -0.4 is 11.1 Å². The zero-order chi connectivity index (χ0) is 11.7. The molecule has 2 heterocycles. The van der Waals surface area contributed by atoms with Crippen molar-refractivity contribution in [3.8, 4) is 0 Å². The van der Waals surface area contributed by atoms with E-state index in [9.17, 15) is 4.79 Å². The summed E-state index contributed by atoms with van der Waals surface area (Å²) in [4.78, 5) is 13.2. The first-order valence-corrected chi connectivity index (χ1v) is 5.41. The van der Waals surface area contributed by atoms with Crippen LogP contribution in [0.15, 0.2) is 11.8 Å². The third-order valence-corrected chi connectivity index (χ3v) is 2.95. The lowest BCUT2D eigenvalue weighted by atomic mass is 10.2. The summed E-state index contributed by atoms with van der Waals surface area (Å²) in [6.07, 6.45) is 2.34. The number of aliphatic hydroxyl groups is 1. The number of hydrogen-bond acceptors (Lipinski definition) is 4. The van der Waals surface area contributed by atoms with Crippen LogP contribution in [0.25, 0.3) is 0 Å². The molecule has 0 radical (unpaired) electrons. The highest BCUT2D eigenvalue weighted by molar-refractivity contribution is 5.77. The topological polar surface area (TPSA) is 87.8 Å². The first-order valence-electron chi connectivity index (χ1n) is 5.41. The Morgan fingerprint density at radius 1 is 1.69 bits per heavy atom. The molecule has 2 aliphatic rings. The van der Waals surface area contributed by atoms with Crippen molar-refractivity contribution in [3.05, 3.63) is 11.8 Å². The van der Waals surface area contributed by atoms with E-state index in [0.717, 1.165) is 18.4 Å². The van der Waals surface area contributed by atoms with Gasteiger partial charge in [-0.3, -0.25) is 4.90 Å². The molecular formula is C10H17N3O3. The van der Waals surface area contributed by atoms with Gasteiger partial charge in [0, 0.05) is 6.20 Å². The molecule has 2 amide bonds. The molecule has 2 rings (SSSR count). The van der Waals surface area contributed by atoms with Gasteiger partial charge in [0.2, 0.25) is 0 Å². The number of nitrogens with zero attached hydrogens (tertiary/aromatic N) is 1. The molecule has 0 saturated carbocycles. The molecule has 1 saturated heterocycles. The molecule has 0 spiro atoms. The zero-order valence-corrected chi connectivity index (χ0v) is 9.22. The van der Waals surface area contributed by atoms with Crippen molar-refractivity contribution in [2.75, 3.05) is 6.61 Å². The first kappa shape index (κ1) is 11.4. The molecule has 2 aliphatic heterocycles. The van der Waals surface area contributed by atoms with Crippen LogP contribution >= 0.6 is 0 Å². The van der Waals surface area contributed by atoms with Crippen LogP contribution in [0.4, 0.5) is 4.79 Å². The second kappa shape index (κ2) is 4.40. The minimum absolute atomic E-state index is 0.00578. The fourth-order valence-corrected chi connectivity index (χ4v) is 1.92. The number of carbonyl (C=O) groups is 1. The summed E-state index contributed by atoms with van der Waals surface area (Å²) in [5.74, 6) is 0. The molecule has 0 aliphatic carbocycles. The number of nitrogens with two attached hydrogens (primary N) is 1. The maximum absolute atomic E-state index is 11.7. The SMILES string of the molecule is CC1=CN(C2CCC(CO)O2)C(=O)NC1N. The Morgan fingerprint density at radius 3 is 3.06 bits per heavy atom. The zero-order valence-electron chi connectivity index (χ0n) is 9.22. The second-order valence-electron chi connectivity index (χ2n) is 4.18. The monoisotopic (exact) mass is 227 g/mol. The van der Waals surface area contributed by atoms with Crippen molar-refractivity contribution in [3.63, 3.8) is 0 Å². The molecule has 6 heteroatoms. The van der Waals surface area contributed by atoms with Crippen LogP contribution in [0.2, 0.25) is 0 Å². The van der Waals surface area contributed by atoms with Crippen molar-refractivity contribution in [2.24, 2.45) is 5.73 Å². The van der Waals surface area contributed by atoms with Gasteiger partial charge in [-0.2, -0.15) is 0 Å². The Hall–Kier alpha value is -1.11. The molecule has 0 bridgehead atoms. The molecule has 0 aromatic heterocycles. The van der Waals surface area contributed by atoms with Crippen molar-refractivity contribution in [1.82, 2.24) is 10.2 Å². The summed E-state index contributed by atoms with van der Waals surface area (Å²) in [7, 11) is 0. The van der Waals surface area contributed by atoms with Crippen molar-refractivity contribution < 1.29 is 14.6 Å². The average molecular weight is 227 g/mol. The first-order chi connectivity index (χ1) is 7.61. The molecular weight excluding hydrogens is 210 g/mol. The molecule has 0 aromatic carbocycles. The van der Waals surface area contributed by atoms with Crippen LogP contribution in [0.1, 0.15) is 19.8 Å². The van der Waals surface area contributed by atoms with Crippen molar-refractivity contribution in [2.45, 2.75) is 38.3 Å². The smallest absolute Gasteiger partial charge is 0.325 e. The van der Waals surface area contributed by atoms with Gasteiger partial charge in [0.1, 0.15) is 12.4 Å². The summed E-state index contributed by atoms with van der Waals surface area (Å²) in [5, 5.41) is 11.6. The van der Waals surface area contributed by atoms with Gasteiger partial charge in [0.25, 0.3) is 0 Å². The van der Waals surface area contributed by atoms with E-state index in [-0.39, 0.29) is 25.0 Å². The fourth-order valence-electron chi connectivity index (χ4n) is 1.92. The van der Waals surface area contributed by atoms with Gasteiger partial charge in [0.05, 0.1) is 12.7 Å². The van der Waals surface area contributed by atoms with E-state index in [2.05, 4.69) is 5.32 Å². The van der Waals surface area contributed by atoms with Gasteiger partial charge in [-0.25, -0.2) is 4.79 Å². The van der Waals surface area contributed by atoms with E-state index in [1.807, 2.05) is 6.92 Å². The van der Waals surface area contributed by atoms with E-state index in [0.29, 0.717) is 0 Å². The van der Waals surface area contributed by atoms with Crippen LogP contribution in [0.5, 0.6) is 0 Å². The number of carbonyl (C=O) groups excluding carboxylic acids is 1. The lowest BCUT2D eigenvalue weighted by Crippen LogP contribution is -2.54. The molecule has 16 heavy (non-hydrogen) atoms. The Labute approximate surface area is 94.0 Å². The van der Waals surface area contributed by atoms with Crippen molar-refractivity contribution in [1.29, 1.82) is 0 Å². The van der Waals surface area contributed by atoms with E-state index >= 15 is 0 Å². The van der Waals surface area contributed by atoms with E-state index in [1.54, 1.807) is 6.20 Å². The highest BCUT2D eigenvalue weighted by atomic mass is 16.5. The Kier molecular flexibility index (Phi) is 3.13. The van der Waals surface area contributed by atoms with E-state index in [1.165, 1.54) is 4.90 Å². The maximum atomic E-state index is 11.7. The lowest BCUT2D eigenvalue weighted by molar-refractivity contribution is -0.0376. The average Bonchev–Trinajstić information content (AvgIpc) is 2.71. The summed E-state index contributed by atoms with van der Waals surface area (Å²) in [6, 6.07) is -0.248. The predicted octanol–water partition coefficient (Wildman–Crippen LogP) is -0.302. The number of amides is 2. The number of aliphatic hydroxyl groups excluding tert-OH is 1. The number of ether oxygens (including phenoxy) is 1. The fraction of sp³-hybridized carbons (Fsp3) is 0.700. The highest BCUT2D eigenvalue weighted by Crippen LogP contribution is 2.24. The van der Waals surface area contributed by atoms with E-state index in [4.69, 9.17) is 15.6 Å². The third kappa shape index (κ3) is 2.04. The Balaban J connectivity index is 2.07. The predicted molar refractivity (Wildman–Crippen MR) is 57.1 cm³/mol. The van der Waals surface area contributed by atoms with Crippen LogP contribution in [0, 0.1) is 0 Å². The molecule has 3 atom stereocenters. The van der Waals surface area contributed by atoms with Gasteiger partial charge in [-0.15, -0.1) is 0 Å². The van der Waals surface area contributed by atoms with Gasteiger partial charge in [0.15, 0.2) is 0 Å². The molecule has 90 valence electrons. The lowest BCUT2D eigenvalue weighted by Gasteiger charge is -2.32. The maximum Gasteiger partial charge on any atom is 0.325 e. The normalized spacial score (nSPS) is 34.9. The number of urea groups is 1. The van der Waals surface area contributed by atoms with Crippen LogP contribution in [-0.4, -0.2) is 41.1 Å². The van der Waals surface area contributed by atoms with Crippen molar-refractivity contribution >= 4 is 6.03 Å².